The third-order valence-corrected chi connectivity index (χ3v) is 5.99. The number of nitrogens with one attached hydrogen (secondary N) is 1. The maximum absolute atomic E-state index is 12.9. The molecule has 0 aliphatic carbocycles. The van der Waals surface area contributed by atoms with Crippen LogP contribution in [0.3, 0.4) is 0 Å². The first-order valence-electron chi connectivity index (χ1n) is 8.89. The van der Waals surface area contributed by atoms with Crippen LogP contribution < -0.4 is 5.32 Å². The quantitative estimate of drug-likeness (QED) is 0.476. The molecule has 0 saturated heterocycles. The van der Waals surface area contributed by atoms with Crippen LogP contribution in [0.5, 0.6) is 0 Å². The Morgan fingerprint density at radius 3 is 2.48 bits per heavy atom. The molecule has 0 aliphatic rings. The van der Waals surface area contributed by atoms with E-state index in [1.807, 2.05) is 37.3 Å². The Kier molecular flexibility index (Phi) is 6.96. The molecule has 4 nitrogen and oxygen atoms in total. The van der Waals surface area contributed by atoms with Crippen LogP contribution in [0, 0.1) is 0 Å². The molecule has 0 bridgehead atoms. The van der Waals surface area contributed by atoms with Crippen LogP contribution in [-0.4, -0.2) is 19.0 Å². The number of carbonyl (C=O) groups excluding carboxylic acids is 2. The lowest BCUT2D eigenvalue weighted by atomic mass is 10.0. The third kappa shape index (κ3) is 5.38. The summed E-state index contributed by atoms with van der Waals surface area (Å²) in [5.74, 6) is -0.587. The van der Waals surface area contributed by atoms with E-state index in [9.17, 15) is 9.59 Å². The zero-order valence-corrected chi connectivity index (χ0v) is 18.2. The third-order valence-electron chi connectivity index (χ3n) is 4.45. The Balaban J connectivity index is 1.74. The van der Waals surface area contributed by atoms with E-state index in [1.165, 1.54) is 18.4 Å². The summed E-state index contributed by atoms with van der Waals surface area (Å²) in [7, 11) is 1.34. The van der Waals surface area contributed by atoms with Crippen LogP contribution in [-0.2, 0) is 11.2 Å². The van der Waals surface area contributed by atoms with Crippen molar-refractivity contribution in [2.45, 2.75) is 19.4 Å². The van der Waals surface area contributed by atoms with Gasteiger partial charge in [0, 0.05) is 5.02 Å². The van der Waals surface area contributed by atoms with E-state index in [4.69, 9.17) is 27.9 Å². The predicted molar refractivity (Wildman–Crippen MR) is 117 cm³/mol. The van der Waals surface area contributed by atoms with Crippen molar-refractivity contribution in [3.05, 3.63) is 91.1 Å². The van der Waals surface area contributed by atoms with Crippen molar-refractivity contribution in [1.29, 1.82) is 0 Å². The first-order valence-corrected chi connectivity index (χ1v) is 10.5. The molecule has 1 aromatic heterocycles. The maximum Gasteiger partial charge on any atom is 0.337 e. The van der Waals surface area contributed by atoms with E-state index in [2.05, 4.69) is 5.32 Å². The van der Waals surface area contributed by atoms with Gasteiger partial charge < -0.3 is 10.1 Å². The normalized spacial score (nSPS) is 11.7. The molecule has 1 N–H and O–H groups in total. The van der Waals surface area contributed by atoms with Crippen LogP contribution in [0.15, 0.2) is 54.6 Å². The molecule has 2 aromatic carbocycles. The summed E-state index contributed by atoms with van der Waals surface area (Å²) in [6.07, 6.45) is 0.564. The van der Waals surface area contributed by atoms with E-state index >= 15 is 0 Å². The molecule has 7 heteroatoms. The monoisotopic (exact) mass is 447 g/mol. The Labute approximate surface area is 183 Å². The van der Waals surface area contributed by atoms with E-state index in [0.717, 1.165) is 16.7 Å². The number of hydrogen-bond acceptors (Lipinski definition) is 4. The van der Waals surface area contributed by atoms with Crippen molar-refractivity contribution in [3.8, 4) is 0 Å². The summed E-state index contributed by atoms with van der Waals surface area (Å²) in [4.78, 5) is 25.0. The minimum Gasteiger partial charge on any atom is -0.465 e. The van der Waals surface area contributed by atoms with Gasteiger partial charge in [0.2, 0.25) is 0 Å². The number of benzene rings is 2. The highest BCUT2D eigenvalue weighted by atomic mass is 35.5. The zero-order valence-electron chi connectivity index (χ0n) is 15.9. The SMILES string of the molecule is COC(=O)c1ccc(C(C)NC(=O)c2sc(Cl)cc2Cc2cccc(Cl)c2)cc1. The summed E-state index contributed by atoms with van der Waals surface area (Å²) in [6.45, 7) is 1.89. The number of ether oxygens (including phenoxy) is 1. The Morgan fingerprint density at radius 1 is 1.10 bits per heavy atom. The summed E-state index contributed by atoms with van der Waals surface area (Å²) >= 11 is 13.5. The minimum absolute atomic E-state index is 0.191. The van der Waals surface area contributed by atoms with E-state index in [0.29, 0.717) is 26.2 Å². The molecule has 0 spiro atoms. The molecule has 0 aliphatic heterocycles. The van der Waals surface area contributed by atoms with Crippen molar-refractivity contribution >= 4 is 46.4 Å². The standard InChI is InChI=1S/C22H19Cl2NO3S/c1-13(15-6-8-16(9-7-15)22(27)28-2)25-21(26)20-17(12-19(24)29-20)10-14-4-3-5-18(23)11-14/h3-9,11-13H,10H2,1-2H3,(H,25,26). The van der Waals surface area contributed by atoms with Gasteiger partial charge in [-0.1, -0.05) is 47.5 Å². The van der Waals surface area contributed by atoms with Gasteiger partial charge in [0.15, 0.2) is 0 Å². The Bertz CT molecular complexity index is 1030. The fourth-order valence-corrected chi connectivity index (χ4v) is 4.34. The topological polar surface area (TPSA) is 55.4 Å². The molecule has 1 heterocycles. The lowest BCUT2D eigenvalue weighted by molar-refractivity contribution is 0.0600. The number of amides is 1. The van der Waals surface area contributed by atoms with Crippen LogP contribution in [0.4, 0.5) is 0 Å². The second-order valence-electron chi connectivity index (χ2n) is 6.52. The molecule has 150 valence electrons. The molecular formula is C22H19Cl2NO3S. The molecule has 3 rings (SSSR count). The van der Waals surface area contributed by atoms with Gasteiger partial charge >= 0.3 is 5.97 Å². The molecule has 29 heavy (non-hydrogen) atoms. The molecular weight excluding hydrogens is 429 g/mol. The maximum atomic E-state index is 12.9. The number of methoxy groups -OCH3 is 1. The van der Waals surface area contributed by atoms with Crippen LogP contribution in [0.1, 0.15) is 49.7 Å². The van der Waals surface area contributed by atoms with Gasteiger partial charge in [0.25, 0.3) is 5.91 Å². The summed E-state index contributed by atoms with van der Waals surface area (Å²) in [5.41, 5.74) is 3.20. The van der Waals surface area contributed by atoms with E-state index in [-0.39, 0.29) is 11.9 Å². The summed E-state index contributed by atoms with van der Waals surface area (Å²) < 4.78 is 5.26. The van der Waals surface area contributed by atoms with Crippen molar-refractivity contribution in [1.82, 2.24) is 5.32 Å². The van der Waals surface area contributed by atoms with E-state index in [1.54, 1.807) is 24.3 Å². The highest BCUT2D eigenvalue weighted by molar-refractivity contribution is 7.18. The largest absolute Gasteiger partial charge is 0.465 e. The minimum atomic E-state index is -0.396. The van der Waals surface area contributed by atoms with Crippen molar-refractivity contribution in [2.75, 3.05) is 7.11 Å². The van der Waals surface area contributed by atoms with Crippen LogP contribution >= 0.6 is 34.5 Å². The van der Waals surface area contributed by atoms with Gasteiger partial charge in [-0.15, -0.1) is 11.3 Å². The molecule has 1 unspecified atom stereocenters. The predicted octanol–water partition coefficient (Wildman–Crippen LogP) is 5.92. The molecule has 1 amide bonds. The molecule has 1 atom stereocenters. The molecule has 0 radical (unpaired) electrons. The number of hydrogen-bond donors (Lipinski definition) is 1. The summed E-state index contributed by atoms with van der Waals surface area (Å²) in [6, 6.07) is 16.1. The first-order chi connectivity index (χ1) is 13.9. The van der Waals surface area contributed by atoms with Gasteiger partial charge in [-0.2, -0.15) is 0 Å². The van der Waals surface area contributed by atoms with Gasteiger partial charge in [0.05, 0.1) is 27.9 Å². The number of halogens is 2. The fourth-order valence-electron chi connectivity index (χ4n) is 2.96. The highest BCUT2D eigenvalue weighted by Crippen LogP contribution is 2.30. The molecule has 0 saturated carbocycles. The van der Waals surface area contributed by atoms with Crippen molar-refractivity contribution in [3.63, 3.8) is 0 Å². The van der Waals surface area contributed by atoms with Crippen LogP contribution in [0.2, 0.25) is 9.36 Å². The van der Waals surface area contributed by atoms with Crippen molar-refractivity contribution in [2.24, 2.45) is 0 Å². The smallest absolute Gasteiger partial charge is 0.337 e. The van der Waals surface area contributed by atoms with Crippen molar-refractivity contribution < 1.29 is 14.3 Å². The lowest BCUT2D eigenvalue weighted by Crippen LogP contribution is -2.26. The highest BCUT2D eigenvalue weighted by Gasteiger charge is 2.19. The fraction of sp³-hybridized carbons (Fsp3) is 0.182. The Morgan fingerprint density at radius 2 is 1.83 bits per heavy atom. The molecule has 3 aromatic rings. The summed E-state index contributed by atoms with van der Waals surface area (Å²) in [5, 5.41) is 3.65. The second-order valence-corrected chi connectivity index (χ2v) is 8.64. The second kappa shape index (κ2) is 9.44. The zero-order chi connectivity index (χ0) is 21.0. The first kappa shape index (κ1) is 21.4. The van der Waals surface area contributed by atoms with Gasteiger partial charge in [0.1, 0.15) is 0 Å². The average Bonchev–Trinajstić information content (AvgIpc) is 3.07. The number of rotatable bonds is 6. The average molecular weight is 448 g/mol. The number of esters is 1. The van der Waals surface area contributed by atoms with Gasteiger partial charge in [-0.05, 0) is 60.4 Å². The van der Waals surface area contributed by atoms with Crippen LogP contribution in [0.25, 0.3) is 0 Å². The number of carbonyl (C=O) groups is 2. The van der Waals surface area contributed by atoms with E-state index < -0.39 is 5.97 Å². The van der Waals surface area contributed by atoms with Gasteiger partial charge in [-0.3, -0.25) is 4.79 Å². The lowest BCUT2D eigenvalue weighted by Gasteiger charge is -2.15. The number of thiophene rings is 1. The molecule has 0 fully saturated rings. The Hall–Kier alpha value is -2.34. The van der Waals surface area contributed by atoms with Gasteiger partial charge in [-0.25, -0.2) is 4.79 Å².